The molecule has 3 aromatic rings. The van der Waals surface area contributed by atoms with E-state index in [0.717, 1.165) is 5.56 Å². The van der Waals surface area contributed by atoms with E-state index in [-0.39, 0.29) is 32.2 Å². The quantitative estimate of drug-likeness (QED) is 0.310. The number of imidazole rings is 1. The smallest absolute Gasteiger partial charge is 0.356 e. The van der Waals surface area contributed by atoms with Crippen LogP contribution >= 0.6 is 7.60 Å². The maximum atomic E-state index is 12.8. The van der Waals surface area contributed by atoms with Crippen LogP contribution in [0.3, 0.4) is 0 Å². The molecule has 2 aromatic heterocycles. The van der Waals surface area contributed by atoms with Crippen molar-refractivity contribution in [2.45, 2.75) is 71.0 Å². The SMILES string of the molecule is CCOP(=O)(COC[C@H]1O[C@@H](n2cnc3c(NC(C)c4ccccc4)ncnc32)[C@@H]2OC(C)(C)O[C@@H]21)OCC. The van der Waals surface area contributed by atoms with Gasteiger partial charge in [-0.1, -0.05) is 30.3 Å². The third-order valence-electron chi connectivity index (χ3n) is 6.59. The predicted octanol–water partition coefficient (Wildman–Crippen LogP) is 4.66. The van der Waals surface area contributed by atoms with Gasteiger partial charge in [-0.3, -0.25) is 9.13 Å². The Morgan fingerprint density at radius 1 is 1.08 bits per heavy atom. The highest BCUT2D eigenvalue weighted by Gasteiger charge is 2.56. The molecule has 0 amide bonds. The molecule has 2 aliphatic heterocycles. The summed E-state index contributed by atoms with van der Waals surface area (Å²) in [6, 6.07) is 10.1. The van der Waals surface area contributed by atoms with Crippen LogP contribution in [0.25, 0.3) is 11.2 Å². The first-order valence-corrected chi connectivity index (χ1v) is 14.9. The van der Waals surface area contributed by atoms with Gasteiger partial charge in [0, 0.05) is 0 Å². The minimum absolute atomic E-state index is 0.0137. The van der Waals surface area contributed by atoms with Gasteiger partial charge in [0.25, 0.3) is 0 Å². The van der Waals surface area contributed by atoms with Crippen molar-refractivity contribution in [3.05, 3.63) is 48.5 Å². The maximum absolute atomic E-state index is 12.8. The van der Waals surface area contributed by atoms with Gasteiger partial charge in [-0.15, -0.1) is 0 Å². The van der Waals surface area contributed by atoms with Gasteiger partial charge in [-0.05, 0) is 40.2 Å². The molecule has 4 heterocycles. The number of hydrogen-bond donors (Lipinski definition) is 1. The van der Waals surface area contributed by atoms with Gasteiger partial charge >= 0.3 is 7.60 Å². The van der Waals surface area contributed by atoms with Gasteiger partial charge in [-0.2, -0.15) is 0 Å². The molecule has 212 valence electrons. The Bertz CT molecular complexity index is 1300. The van der Waals surface area contributed by atoms with E-state index in [1.54, 1.807) is 20.2 Å². The van der Waals surface area contributed by atoms with Crippen molar-refractivity contribution in [2.75, 3.05) is 31.5 Å². The Labute approximate surface area is 227 Å². The minimum Gasteiger partial charge on any atom is -0.366 e. The standard InChI is InChI=1S/C26H36N5O7P/c1-6-34-39(32,35-7-2)16-33-13-19-21-22(38-26(4,5)37-21)25(36-19)31-15-29-20-23(27-14-28-24(20)31)30-17(3)18-11-9-8-10-12-18/h8-12,14-15,17,19,21-22,25H,6-7,13,16H2,1-5H3,(H,27,28,30)/t17?,19-,21-,22-,25-/m1/s1. The van der Waals surface area contributed by atoms with Crippen molar-refractivity contribution in [3.63, 3.8) is 0 Å². The molecule has 1 aromatic carbocycles. The summed E-state index contributed by atoms with van der Waals surface area (Å²) in [5.41, 5.74) is 2.35. The fraction of sp³-hybridized carbons (Fsp3) is 0.577. The molecule has 2 saturated heterocycles. The number of aromatic nitrogens is 4. The highest BCUT2D eigenvalue weighted by molar-refractivity contribution is 7.53. The Kier molecular flexibility index (Phi) is 8.34. The molecule has 2 fully saturated rings. The van der Waals surface area contributed by atoms with Crippen molar-refractivity contribution in [2.24, 2.45) is 0 Å². The molecule has 5 atom stereocenters. The maximum Gasteiger partial charge on any atom is 0.356 e. The first-order chi connectivity index (χ1) is 18.7. The number of fused-ring (bicyclic) bond motifs is 2. The normalized spacial score (nSPS) is 25.2. The van der Waals surface area contributed by atoms with Crippen LogP contribution in [0.4, 0.5) is 5.82 Å². The van der Waals surface area contributed by atoms with E-state index in [1.165, 1.54) is 6.33 Å². The van der Waals surface area contributed by atoms with Crippen LogP contribution in [0, 0.1) is 0 Å². The second kappa shape index (κ2) is 11.6. The zero-order valence-electron chi connectivity index (χ0n) is 22.9. The largest absolute Gasteiger partial charge is 0.366 e. The van der Waals surface area contributed by atoms with Gasteiger partial charge in [0.05, 0.1) is 32.2 Å². The summed E-state index contributed by atoms with van der Waals surface area (Å²) in [6.45, 7) is 9.94. The molecule has 1 unspecified atom stereocenters. The van der Waals surface area contributed by atoms with Crippen molar-refractivity contribution in [3.8, 4) is 0 Å². The number of nitrogens with zero attached hydrogens (tertiary/aromatic N) is 4. The molecule has 0 saturated carbocycles. The molecule has 0 bridgehead atoms. The summed E-state index contributed by atoms with van der Waals surface area (Å²) in [5.74, 6) is -0.193. The third kappa shape index (κ3) is 6.02. The van der Waals surface area contributed by atoms with Gasteiger partial charge in [0.15, 0.2) is 29.0 Å². The lowest BCUT2D eigenvalue weighted by Crippen LogP contribution is -2.33. The van der Waals surface area contributed by atoms with Gasteiger partial charge < -0.3 is 33.3 Å². The molecule has 0 radical (unpaired) electrons. The number of rotatable bonds is 12. The zero-order valence-corrected chi connectivity index (χ0v) is 23.7. The monoisotopic (exact) mass is 561 g/mol. The van der Waals surface area contributed by atoms with Gasteiger partial charge in [0.2, 0.25) is 0 Å². The zero-order chi connectivity index (χ0) is 27.6. The van der Waals surface area contributed by atoms with Crippen LogP contribution in [0.5, 0.6) is 0 Å². The highest BCUT2D eigenvalue weighted by Crippen LogP contribution is 2.49. The first-order valence-electron chi connectivity index (χ1n) is 13.2. The third-order valence-corrected chi connectivity index (χ3v) is 8.40. The molecule has 0 aliphatic carbocycles. The molecule has 13 heteroatoms. The highest BCUT2D eigenvalue weighted by atomic mass is 31.2. The van der Waals surface area contributed by atoms with Crippen LogP contribution in [-0.4, -0.2) is 69.8 Å². The van der Waals surface area contributed by atoms with Crippen molar-refractivity contribution in [1.82, 2.24) is 19.5 Å². The first kappa shape index (κ1) is 28.1. The lowest BCUT2D eigenvalue weighted by Gasteiger charge is -2.25. The summed E-state index contributed by atoms with van der Waals surface area (Å²) in [6.07, 6.45) is 1.07. The van der Waals surface area contributed by atoms with Crippen molar-refractivity contribution in [1.29, 1.82) is 0 Å². The van der Waals surface area contributed by atoms with Gasteiger partial charge in [0.1, 0.15) is 31.0 Å². The summed E-state index contributed by atoms with van der Waals surface area (Å²) >= 11 is 0. The second-order valence-electron chi connectivity index (χ2n) is 9.90. The number of ether oxygens (including phenoxy) is 4. The molecule has 0 spiro atoms. The Morgan fingerprint density at radius 3 is 2.51 bits per heavy atom. The second-order valence-corrected chi connectivity index (χ2v) is 11.9. The van der Waals surface area contributed by atoms with E-state index in [0.29, 0.717) is 17.0 Å². The van der Waals surface area contributed by atoms with E-state index in [9.17, 15) is 4.57 Å². The summed E-state index contributed by atoms with van der Waals surface area (Å²) in [4.78, 5) is 13.6. The Hall–Kier alpha value is -2.44. The van der Waals surface area contributed by atoms with E-state index in [1.807, 2.05) is 36.6 Å². The lowest BCUT2D eigenvalue weighted by molar-refractivity contribution is -0.201. The lowest BCUT2D eigenvalue weighted by atomic mass is 10.1. The van der Waals surface area contributed by atoms with E-state index in [2.05, 4.69) is 39.3 Å². The van der Waals surface area contributed by atoms with Crippen molar-refractivity contribution >= 4 is 24.6 Å². The minimum atomic E-state index is -3.35. The van der Waals surface area contributed by atoms with Crippen LogP contribution < -0.4 is 5.32 Å². The molecule has 39 heavy (non-hydrogen) atoms. The average Bonchev–Trinajstić information content (AvgIpc) is 3.56. The van der Waals surface area contributed by atoms with Crippen LogP contribution in [0.2, 0.25) is 0 Å². The van der Waals surface area contributed by atoms with Crippen molar-refractivity contribution < 1.29 is 32.6 Å². The topological polar surface area (TPSA) is 128 Å². The average molecular weight is 562 g/mol. The Balaban J connectivity index is 1.35. The molecular weight excluding hydrogens is 525 g/mol. The summed E-state index contributed by atoms with van der Waals surface area (Å²) in [5, 5.41) is 3.44. The fourth-order valence-electron chi connectivity index (χ4n) is 4.98. The number of hydrogen-bond acceptors (Lipinski definition) is 11. The summed E-state index contributed by atoms with van der Waals surface area (Å²) < 4.78 is 49.9. The van der Waals surface area contributed by atoms with E-state index in [4.69, 9.17) is 28.0 Å². The fourth-order valence-corrected chi connectivity index (χ4v) is 6.32. The molecule has 12 nitrogen and oxygen atoms in total. The molecule has 5 rings (SSSR count). The molecule has 2 aliphatic rings. The van der Waals surface area contributed by atoms with E-state index >= 15 is 0 Å². The predicted molar refractivity (Wildman–Crippen MR) is 143 cm³/mol. The summed E-state index contributed by atoms with van der Waals surface area (Å²) in [7, 11) is -3.35. The van der Waals surface area contributed by atoms with E-state index < -0.39 is 37.9 Å². The molecular formula is C26H36N5O7P. The molecule has 1 N–H and O–H groups in total. The van der Waals surface area contributed by atoms with Crippen LogP contribution in [0.1, 0.15) is 52.5 Å². The van der Waals surface area contributed by atoms with Crippen LogP contribution in [-0.2, 0) is 32.6 Å². The number of anilines is 1. The Morgan fingerprint density at radius 2 is 1.79 bits per heavy atom. The van der Waals surface area contributed by atoms with Crippen LogP contribution in [0.15, 0.2) is 43.0 Å². The van der Waals surface area contributed by atoms with Gasteiger partial charge in [-0.25, -0.2) is 15.0 Å². The number of nitrogens with one attached hydrogen (secondary N) is 1. The number of benzene rings is 1.